The van der Waals surface area contributed by atoms with Crippen molar-refractivity contribution < 1.29 is 9.59 Å². The van der Waals surface area contributed by atoms with Crippen LogP contribution in [-0.4, -0.2) is 11.7 Å². The van der Waals surface area contributed by atoms with Gasteiger partial charge in [-0.25, -0.2) is 0 Å². The monoisotopic (exact) mass is 335 g/mol. The molecule has 1 heterocycles. The normalized spacial score (nSPS) is 10.4. The molecule has 3 rings (SSSR count). The van der Waals surface area contributed by atoms with E-state index in [1.807, 2.05) is 42.5 Å². The molecule has 0 bridgehead atoms. The molecule has 1 N–H and O–H groups in total. The Bertz CT molecular complexity index is 868. The van der Waals surface area contributed by atoms with Gasteiger partial charge in [0.1, 0.15) is 0 Å². The number of benzene rings is 2. The zero-order chi connectivity index (χ0) is 16.9. The lowest BCUT2D eigenvalue weighted by Crippen LogP contribution is -2.12. The number of ketones is 1. The van der Waals surface area contributed by atoms with Crippen LogP contribution in [0.15, 0.2) is 66.7 Å². The predicted molar refractivity (Wildman–Crippen MR) is 98.0 cm³/mol. The van der Waals surface area contributed by atoms with E-state index in [9.17, 15) is 9.59 Å². The number of hydrogen-bond donors (Lipinski definition) is 1. The number of amides is 1. The maximum absolute atomic E-state index is 12.4. The Kier molecular flexibility index (Phi) is 4.87. The third-order valence-corrected chi connectivity index (χ3v) is 4.86. The Morgan fingerprint density at radius 1 is 0.875 bits per heavy atom. The first-order valence-corrected chi connectivity index (χ1v) is 8.49. The minimum Gasteiger partial charge on any atom is -0.321 e. The molecule has 0 radical (unpaired) electrons. The first kappa shape index (κ1) is 16.1. The van der Waals surface area contributed by atoms with Crippen LogP contribution in [0.5, 0.6) is 0 Å². The van der Waals surface area contributed by atoms with Crippen LogP contribution in [0.2, 0.25) is 0 Å². The minimum absolute atomic E-state index is 0.0245. The first-order valence-electron chi connectivity index (χ1n) is 7.67. The molecular weight excluding hydrogens is 318 g/mol. The number of rotatable bonds is 5. The Labute approximate surface area is 145 Å². The Morgan fingerprint density at radius 3 is 2.25 bits per heavy atom. The van der Waals surface area contributed by atoms with Crippen molar-refractivity contribution in [3.63, 3.8) is 0 Å². The number of thiophene rings is 1. The summed E-state index contributed by atoms with van der Waals surface area (Å²) < 4.78 is 0. The highest BCUT2D eigenvalue weighted by atomic mass is 32.1. The summed E-state index contributed by atoms with van der Waals surface area (Å²) in [5.74, 6) is -0.212. The van der Waals surface area contributed by atoms with Gasteiger partial charge in [0.25, 0.3) is 5.91 Å². The van der Waals surface area contributed by atoms with E-state index in [4.69, 9.17) is 0 Å². The van der Waals surface area contributed by atoms with Crippen molar-refractivity contribution in [2.24, 2.45) is 0 Å². The molecule has 0 saturated carbocycles. The van der Waals surface area contributed by atoms with Crippen molar-refractivity contribution in [1.29, 1.82) is 0 Å². The maximum Gasteiger partial charge on any atom is 0.265 e. The highest BCUT2D eigenvalue weighted by Crippen LogP contribution is 2.22. The van der Waals surface area contributed by atoms with Gasteiger partial charge in [0.05, 0.1) is 9.75 Å². The van der Waals surface area contributed by atoms with Gasteiger partial charge in [-0.1, -0.05) is 48.5 Å². The molecule has 3 nitrogen and oxygen atoms in total. The largest absolute Gasteiger partial charge is 0.321 e. The molecule has 120 valence electrons. The van der Waals surface area contributed by atoms with E-state index in [0.717, 1.165) is 17.7 Å². The third-order valence-electron chi connectivity index (χ3n) is 3.68. The van der Waals surface area contributed by atoms with E-state index in [2.05, 4.69) is 17.4 Å². The number of nitrogens with one attached hydrogen (secondary N) is 1. The van der Waals surface area contributed by atoms with E-state index >= 15 is 0 Å². The molecule has 0 aliphatic rings. The second kappa shape index (κ2) is 7.23. The van der Waals surface area contributed by atoms with Gasteiger partial charge < -0.3 is 5.32 Å². The van der Waals surface area contributed by atoms with Crippen LogP contribution in [0.25, 0.3) is 0 Å². The topological polar surface area (TPSA) is 46.2 Å². The van der Waals surface area contributed by atoms with Crippen LogP contribution < -0.4 is 5.32 Å². The van der Waals surface area contributed by atoms with E-state index in [1.54, 1.807) is 12.1 Å². The van der Waals surface area contributed by atoms with Crippen LogP contribution >= 0.6 is 11.3 Å². The zero-order valence-electron chi connectivity index (χ0n) is 13.3. The molecular formula is C20H17NO2S. The van der Waals surface area contributed by atoms with Crippen molar-refractivity contribution in [3.8, 4) is 0 Å². The molecule has 24 heavy (non-hydrogen) atoms. The molecule has 1 amide bonds. The van der Waals surface area contributed by atoms with Gasteiger partial charge in [0.2, 0.25) is 0 Å². The Balaban J connectivity index is 1.79. The van der Waals surface area contributed by atoms with Gasteiger partial charge >= 0.3 is 0 Å². The summed E-state index contributed by atoms with van der Waals surface area (Å²) in [6, 6.07) is 21.3. The molecule has 4 heteroatoms. The number of carbonyl (C=O) groups excluding carboxylic acids is 2. The SMILES string of the molecule is CC(=O)c1ccc(C(=O)Nc2ccccc2Cc2ccccc2)s1. The summed E-state index contributed by atoms with van der Waals surface area (Å²) in [6.07, 6.45) is 0.750. The highest BCUT2D eigenvalue weighted by molar-refractivity contribution is 7.16. The van der Waals surface area contributed by atoms with Gasteiger partial charge in [-0.15, -0.1) is 11.3 Å². The lowest BCUT2D eigenvalue weighted by Gasteiger charge is -2.10. The summed E-state index contributed by atoms with van der Waals surface area (Å²) in [6.45, 7) is 1.50. The lowest BCUT2D eigenvalue weighted by atomic mass is 10.0. The van der Waals surface area contributed by atoms with E-state index in [0.29, 0.717) is 9.75 Å². The molecule has 0 aliphatic heterocycles. The summed E-state index contributed by atoms with van der Waals surface area (Å²) in [5, 5.41) is 2.96. The number of carbonyl (C=O) groups is 2. The number of hydrogen-bond acceptors (Lipinski definition) is 3. The number of anilines is 1. The van der Waals surface area contributed by atoms with E-state index in [-0.39, 0.29) is 11.7 Å². The summed E-state index contributed by atoms with van der Waals surface area (Å²) in [7, 11) is 0. The standard InChI is InChI=1S/C20H17NO2S/c1-14(22)18-11-12-19(24-18)20(23)21-17-10-6-5-9-16(17)13-15-7-3-2-4-8-15/h2-12H,13H2,1H3,(H,21,23). The highest BCUT2D eigenvalue weighted by Gasteiger charge is 2.13. The summed E-state index contributed by atoms with van der Waals surface area (Å²) in [5.41, 5.74) is 3.04. The van der Waals surface area contributed by atoms with Gasteiger partial charge in [-0.05, 0) is 42.7 Å². The fraction of sp³-hybridized carbons (Fsp3) is 0.100. The van der Waals surface area contributed by atoms with Crippen molar-refractivity contribution >= 4 is 28.7 Å². The van der Waals surface area contributed by atoms with Crippen LogP contribution in [-0.2, 0) is 6.42 Å². The number of Topliss-reactive ketones (excluding diaryl/α,β-unsaturated/α-hetero) is 1. The van der Waals surface area contributed by atoms with Crippen LogP contribution in [0, 0.1) is 0 Å². The average molecular weight is 335 g/mol. The maximum atomic E-state index is 12.4. The summed E-state index contributed by atoms with van der Waals surface area (Å²) in [4.78, 5) is 25.0. The second-order valence-electron chi connectivity index (χ2n) is 5.49. The van der Waals surface area contributed by atoms with Gasteiger partial charge in [0, 0.05) is 5.69 Å². The smallest absolute Gasteiger partial charge is 0.265 e. The minimum atomic E-state index is -0.187. The van der Waals surface area contributed by atoms with E-state index < -0.39 is 0 Å². The molecule has 0 atom stereocenters. The summed E-state index contributed by atoms with van der Waals surface area (Å²) >= 11 is 1.22. The lowest BCUT2D eigenvalue weighted by molar-refractivity contribution is 0.101. The first-order chi connectivity index (χ1) is 11.6. The predicted octanol–water partition coefficient (Wildman–Crippen LogP) is 4.79. The average Bonchev–Trinajstić information content (AvgIpc) is 3.08. The second-order valence-corrected chi connectivity index (χ2v) is 6.58. The van der Waals surface area contributed by atoms with Crippen molar-refractivity contribution in [1.82, 2.24) is 0 Å². The Morgan fingerprint density at radius 2 is 1.54 bits per heavy atom. The fourth-order valence-electron chi connectivity index (χ4n) is 2.45. The molecule has 3 aromatic rings. The van der Waals surface area contributed by atoms with Gasteiger partial charge in [-0.2, -0.15) is 0 Å². The molecule has 1 aromatic heterocycles. The van der Waals surface area contributed by atoms with Crippen LogP contribution in [0.4, 0.5) is 5.69 Å². The van der Waals surface area contributed by atoms with Crippen molar-refractivity contribution in [2.75, 3.05) is 5.32 Å². The third kappa shape index (κ3) is 3.78. The van der Waals surface area contributed by atoms with Gasteiger partial charge in [0.15, 0.2) is 5.78 Å². The number of para-hydroxylation sites is 1. The fourth-order valence-corrected chi connectivity index (χ4v) is 3.24. The molecule has 0 unspecified atom stereocenters. The zero-order valence-corrected chi connectivity index (χ0v) is 14.1. The molecule has 2 aromatic carbocycles. The molecule has 0 aliphatic carbocycles. The van der Waals surface area contributed by atoms with Gasteiger partial charge in [-0.3, -0.25) is 9.59 Å². The quantitative estimate of drug-likeness (QED) is 0.681. The van der Waals surface area contributed by atoms with Crippen molar-refractivity contribution in [3.05, 3.63) is 87.6 Å². The molecule has 0 saturated heterocycles. The molecule has 0 fully saturated rings. The molecule has 0 spiro atoms. The van der Waals surface area contributed by atoms with Crippen LogP contribution in [0.3, 0.4) is 0 Å². The van der Waals surface area contributed by atoms with Crippen molar-refractivity contribution in [2.45, 2.75) is 13.3 Å². The van der Waals surface area contributed by atoms with E-state index in [1.165, 1.54) is 23.8 Å². The van der Waals surface area contributed by atoms with Crippen LogP contribution in [0.1, 0.15) is 37.4 Å². The Hall–Kier alpha value is -2.72.